The molecule has 1 aliphatic carbocycles. The van der Waals surface area contributed by atoms with Crippen LogP contribution in [0.5, 0.6) is 0 Å². The van der Waals surface area contributed by atoms with Crippen LogP contribution in [0.2, 0.25) is 0 Å². The SMILES string of the molecule is CC(C)c1ccc2c(c1)C(=O)C=C(C(C)(C)C)C2. The second-order valence-corrected chi connectivity index (χ2v) is 6.53. The fourth-order valence-corrected chi connectivity index (χ4v) is 2.31. The van der Waals surface area contributed by atoms with Crippen molar-refractivity contribution in [3.05, 3.63) is 46.5 Å². The van der Waals surface area contributed by atoms with Crippen LogP contribution >= 0.6 is 0 Å². The van der Waals surface area contributed by atoms with Crippen LogP contribution in [0.3, 0.4) is 0 Å². The Kier molecular flexibility index (Phi) is 3.18. The van der Waals surface area contributed by atoms with Gasteiger partial charge in [0.1, 0.15) is 0 Å². The summed E-state index contributed by atoms with van der Waals surface area (Å²) in [5.74, 6) is 0.639. The Hall–Kier alpha value is -1.37. The van der Waals surface area contributed by atoms with Crippen LogP contribution in [-0.2, 0) is 6.42 Å². The number of rotatable bonds is 1. The van der Waals surface area contributed by atoms with Crippen LogP contribution in [0, 0.1) is 5.41 Å². The molecule has 96 valence electrons. The van der Waals surface area contributed by atoms with Crippen LogP contribution < -0.4 is 0 Å². The maximum absolute atomic E-state index is 12.2. The summed E-state index contributed by atoms with van der Waals surface area (Å²) in [7, 11) is 0. The molecular weight excluding hydrogens is 220 g/mol. The highest BCUT2D eigenvalue weighted by Crippen LogP contribution is 2.33. The molecule has 1 aliphatic rings. The number of benzene rings is 1. The molecule has 0 heterocycles. The van der Waals surface area contributed by atoms with Crippen molar-refractivity contribution in [1.82, 2.24) is 0 Å². The highest BCUT2D eigenvalue weighted by molar-refractivity contribution is 6.07. The zero-order chi connectivity index (χ0) is 13.5. The highest BCUT2D eigenvalue weighted by Gasteiger charge is 2.25. The summed E-state index contributed by atoms with van der Waals surface area (Å²) < 4.78 is 0. The standard InChI is InChI=1S/C17H22O/c1-11(2)12-6-7-13-8-14(17(3,4)5)10-16(18)15(13)9-12/h6-7,9-11H,8H2,1-5H3. The number of allylic oxidation sites excluding steroid dienone is 2. The van der Waals surface area contributed by atoms with E-state index >= 15 is 0 Å². The molecule has 0 radical (unpaired) electrons. The van der Waals surface area contributed by atoms with E-state index in [1.165, 1.54) is 16.7 Å². The molecule has 0 N–H and O–H groups in total. The normalized spacial score (nSPS) is 15.7. The molecule has 0 fully saturated rings. The van der Waals surface area contributed by atoms with E-state index in [2.05, 4.69) is 52.8 Å². The number of carbonyl (C=O) groups excluding carboxylic acids is 1. The maximum atomic E-state index is 12.2. The Morgan fingerprint density at radius 1 is 1.17 bits per heavy atom. The fraction of sp³-hybridized carbons (Fsp3) is 0.471. The molecule has 0 saturated heterocycles. The van der Waals surface area contributed by atoms with E-state index in [1.807, 2.05) is 6.08 Å². The van der Waals surface area contributed by atoms with Gasteiger partial charge < -0.3 is 0 Å². The molecule has 0 saturated carbocycles. The molecule has 18 heavy (non-hydrogen) atoms. The zero-order valence-electron chi connectivity index (χ0n) is 12.0. The second kappa shape index (κ2) is 4.38. The first-order chi connectivity index (χ1) is 8.29. The van der Waals surface area contributed by atoms with E-state index in [9.17, 15) is 4.79 Å². The smallest absolute Gasteiger partial charge is 0.186 e. The van der Waals surface area contributed by atoms with Crippen LogP contribution in [0.4, 0.5) is 0 Å². The maximum Gasteiger partial charge on any atom is 0.186 e. The molecule has 0 bridgehead atoms. The lowest BCUT2D eigenvalue weighted by Gasteiger charge is -2.27. The third-order valence-electron chi connectivity index (χ3n) is 3.72. The lowest BCUT2D eigenvalue weighted by atomic mass is 9.77. The topological polar surface area (TPSA) is 17.1 Å². The van der Waals surface area contributed by atoms with Crippen molar-refractivity contribution in [2.75, 3.05) is 0 Å². The van der Waals surface area contributed by atoms with Crippen LogP contribution in [0.15, 0.2) is 29.8 Å². The van der Waals surface area contributed by atoms with Gasteiger partial charge in [0, 0.05) is 5.56 Å². The summed E-state index contributed by atoms with van der Waals surface area (Å²) in [5, 5.41) is 0. The number of fused-ring (bicyclic) bond motifs is 1. The molecule has 1 heteroatoms. The predicted octanol–water partition coefficient (Wildman–Crippen LogP) is 4.52. The Balaban J connectivity index is 2.43. The van der Waals surface area contributed by atoms with Crippen LogP contribution in [0.25, 0.3) is 0 Å². The van der Waals surface area contributed by atoms with Gasteiger partial charge in [-0.1, -0.05) is 52.3 Å². The van der Waals surface area contributed by atoms with Gasteiger partial charge in [-0.05, 0) is 41.0 Å². The van der Waals surface area contributed by atoms with E-state index in [1.54, 1.807) is 0 Å². The third-order valence-corrected chi connectivity index (χ3v) is 3.72. The Morgan fingerprint density at radius 2 is 1.83 bits per heavy atom. The summed E-state index contributed by atoms with van der Waals surface area (Å²) in [6, 6.07) is 6.35. The zero-order valence-corrected chi connectivity index (χ0v) is 12.0. The first-order valence-electron chi connectivity index (χ1n) is 6.67. The lowest BCUT2D eigenvalue weighted by Crippen LogP contribution is -2.19. The molecule has 1 aromatic carbocycles. The summed E-state index contributed by atoms with van der Waals surface area (Å²) >= 11 is 0. The Morgan fingerprint density at radius 3 is 2.39 bits per heavy atom. The monoisotopic (exact) mass is 242 g/mol. The second-order valence-electron chi connectivity index (χ2n) is 6.53. The molecule has 1 nitrogen and oxygen atoms in total. The number of ketones is 1. The first-order valence-corrected chi connectivity index (χ1v) is 6.67. The van der Waals surface area contributed by atoms with Gasteiger partial charge in [0.2, 0.25) is 0 Å². The largest absolute Gasteiger partial charge is 0.289 e. The Bertz CT molecular complexity index is 513. The summed E-state index contributed by atoms with van der Waals surface area (Å²) in [5.41, 5.74) is 4.63. The van der Waals surface area contributed by atoms with Gasteiger partial charge in [0.15, 0.2) is 5.78 Å². The third kappa shape index (κ3) is 2.40. The van der Waals surface area contributed by atoms with E-state index < -0.39 is 0 Å². The average molecular weight is 242 g/mol. The lowest BCUT2D eigenvalue weighted by molar-refractivity contribution is 0.104. The van der Waals surface area contributed by atoms with Gasteiger partial charge in [-0.3, -0.25) is 4.79 Å². The predicted molar refractivity (Wildman–Crippen MR) is 76.1 cm³/mol. The van der Waals surface area contributed by atoms with Crippen LogP contribution in [0.1, 0.15) is 62.0 Å². The molecule has 1 aromatic rings. The van der Waals surface area contributed by atoms with Crippen molar-refractivity contribution in [3.8, 4) is 0 Å². The van der Waals surface area contributed by atoms with Crippen molar-refractivity contribution < 1.29 is 4.79 Å². The fourth-order valence-electron chi connectivity index (χ4n) is 2.31. The van der Waals surface area contributed by atoms with Gasteiger partial charge in [0.05, 0.1) is 0 Å². The van der Waals surface area contributed by atoms with Gasteiger partial charge in [0.25, 0.3) is 0 Å². The molecule has 2 rings (SSSR count). The molecule has 0 atom stereocenters. The molecule has 0 aromatic heterocycles. The van der Waals surface area contributed by atoms with E-state index in [0.29, 0.717) is 5.92 Å². The number of hydrogen-bond donors (Lipinski definition) is 0. The average Bonchev–Trinajstić information content (AvgIpc) is 2.27. The first kappa shape index (κ1) is 13.1. The Labute approximate surface area is 110 Å². The number of carbonyl (C=O) groups is 1. The minimum atomic E-state index is 0.0735. The summed E-state index contributed by atoms with van der Waals surface area (Å²) in [6.45, 7) is 10.8. The summed E-state index contributed by atoms with van der Waals surface area (Å²) in [4.78, 5) is 12.2. The minimum Gasteiger partial charge on any atom is -0.289 e. The quantitative estimate of drug-likeness (QED) is 0.707. The molecular formula is C17H22O. The molecule has 0 spiro atoms. The minimum absolute atomic E-state index is 0.0735. The van der Waals surface area contributed by atoms with Crippen molar-refractivity contribution >= 4 is 5.78 Å². The van der Waals surface area contributed by atoms with E-state index in [4.69, 9.17) is 0 Å². The summed E-state index contributed by atoms with van der Waals surface area (Å²) in [6.07, 6.45) is 2.75. The van der Waals surface area contributed by atoms with Crippen LogP contribution in [-0.4, -0.2) is 5.78 Å². The van der Waals surface area contributed by atoms with E-state index in [-0.39, 0.29) is 11.2 Å². The van der Waals surface area contributed by atoms with Gasteiger partial charge in [-0.2, -0.15) is 0 Å². The molecule has 0 aliphatic heterocycles. The number of hydrogen-bond acceptors (Lipinski definition) is 1. The molecule has 0 unspecified atom stereocenters. The van der Waals surface area contributed by atoms with Crippen molar-refractivity contribution in [2.24, 2.45) is 5.41 Å². The van der Waals surface area contributed by atoms with Crippen molar-refractivity contribution in [3.63, 3.8) is 0 Å². The molecule has 0 amide bonds. The van der Waals surface area contributed by atoms with Gasteiger partial charge in [-0.15, -0.1) is 0 Å². The van der Waals surface area contributed by atoms with Crippen molar-refractivity contribution in [1.29, 1.82) is 0 Å². The van der Waals surface area contributed by atoms with Crippen molar-refractivity contribution in [2.45, 2.75) is 47.0 Å². The van der Waals surface area contributed by atoms with Gasteiger partial charge >= 0.3 is 0 Å². The highest BCUT2D eigenvalue weighted by atomic mass is 16.1. The van der Waals surface area contributed by atoms with Gasteiger partial charge in [-0.25, -0.2) is 0 Å². The van der Waals surface area contributed by atoms with E-state index in [0.717, 1.165) is 12.0 Å².